The van der Waals surface area contributed by atoms with Gasteiger partial charge in [-0.2, -0.15) is 0 Å². The Kier molecular flexibility index (Phi) is 2.88. The summed E-state index contributed by atoms with van der Waals surface area (Å²) in [7, 11) is 0. The van der Waals surface area contributed by atoms with E-state index in [2.05, 4.69) is 0 Å². The summed E-state index contributed by atoms with van der Waals surface area (Å²) in [5, 5.41) is 0. The molecule has 1 rings (SSSR count). The van der Waals surface area contributed by atoms with Gasteiger partial charge in [-0.05, 0) is 19.3 Å². The predicted octanol–water partition coefficient (Wildman–Crippen LogP) is 0.346. The van der Waals surface area contributed by atoms with Crippen LogP contribution in [0, 0.1) is 0 Å². The first-order valence-corrected chi connectivity index (χ1v) is 4.23. The van der Waals surface area contributed by atoms with Crippen molar-refractivity contribution in [3.63, 3.8) is 0 Å². The Morgan fingerprint density at radius 2 is 2.36 bits per heavy atom. The van der Waals surface area contributed by atoms with E-state index in [-0.39, 0.29) is 5.91 Å². The number of nitrogens with zero attached hydrogens (tertiary/aromatic N) is 1. The molecule has 64 valence electrons. The Morgan fingerprint density at radius 1 is 1.64 bits per heavy atom. The fourth-order valence-electron chi connectivity index (χ4n) is 1.66. The lowest BCUT2D eigenvalue weighted by Gasteiger charge is -2.34. The SMILES string of the molecule is CC(=O)N1CCCC[C@H]1CN. The van der Waals surface area contributed by atoms with Gasteiger partial charge in [-0.15, -0.1) is 0 Å². The molecule has 0 saturated carbocycles. The van der Waals surface area contributed by atoms with E-state index in [1.54, 1.807) is 6.92 Å². The summed E-state index contributed by atoms with van der Waals surface area (Å²) < 4.78 is 0. The molecular weight excluding hydrogens is 140 g/mol. The first-order valence-electron chi connectivity index (χ1n) is 4.23. The molecule has 1 amide bonds. The van der Waals surface area contributed by atoms with Crippen LogP contribution in [0.2, 0.25) is 0 Å². The summed E-state index contributed by atoms with van der Waals surface area (Å²) in [5.74, 6) is 0.167. The third kappa shape index (κ3) is 1.93. The van der Waals surface area contributed by atoms with Crippen molar-refractivity contribution in [2.75, 3.05) is 13.1 Å². The molecule has 0 aromatic heterocycles. The van der Waals surface area contributed by atoms with Crippen LogP contribution in [0.1, 0.15) is 26.2 Å². The number of rotatable bonds is 1. The Bertz CT molecular complexity index is 147. The van der Waals surface area contributed by atoms with Crippen LogP contribution in [-0.2, 0) is 4.79 Å². The van der Waals surface area contributed by atoms with Crippen molar-refractivity contribution in [2.45, 2.75) is 32.2 Å². The number of piperidine rings is 1. The van der Waals surface area contributed by atoms with Crippen LogP contribution in [0.5, 0.6) is 0 Å². The molecule has 3 nitrogen and oxygen atoms in total. The third-order valence-corrected chi connectivity index (χ3v) is 2.30. The van der Waals surface area contributed by atoms with Gasteiger partial charge in [0.15, 0.2) is 0 Å². The van der Waals surface area contributed by atoms with E-state index < -0.39 is 0 Å². The molecule has 1 heterocycles. The molecule has 0 aromatic carbocycles. The average molecular weight is 156 g/mol. The van der Waals surface area contributed by atoms with Crippen LogP contribution in [0.25, 0.3) is 0 Å². The highest BCUT2D eigenvalue weighted by molar-refractivity contribution is 5.73. The van der Waals surface area contributed by atoms with Gasteiger partial charge in [0.05, 0.1) is 0 Å². The van der Waals surface area contributed by atoms with Crippen LogP contribution in [0.15, 0.2) is 0 Å². The molecule has 0 bridgehead atoms. The lowest BCUT2D eigenvalue weighted by molar-refractivity contribution is -0.132. The molecule has 3 heteroatoms. The second kappa shape index (κ2) is 3.72. The van der Waals surface area contributed by atoms with E-state index in [1.807, 2.05) is 4.90 Å². The number of carbonyl (C=O) groups excluding carboxylic acids is 1. The molecule has 1 aliphatic heterocycles. The summed E-state index contributed by atoms with van der Waals surface area (Å²) >= 11 is 0. The maximum Gasteiger partial charge on any atom is 0.219 e. The minimum absolute atomic E-state index is 0.167. The highest BCUT2D eigenvalue weighted by Gasteiger charge is 2.22. The molecule has 0 aliphatic carbocycles. The van der Waals surface area contributed by atoms with E-state index in [9.17, 15) is 4.79 Å². The molecule has 2 N–H and O–H groups in total. The third-order valence-electron chi connectivity index (χ3n) is 2.30. The maximum atomic E-state index is 11.0. The van der Waals surface area contributed by atoms with Crippen molar-refractivity contribution in [1.29, 1.82) is 0 Å². The molecule has 1 saturated heterocycles. The van der Waals surface area contributed by atoms with Crippen LogP contribution < -0.4 is 5.73 Å². The Labute approximate surface area is 67.5 Å². The lowest BCUT2D eigenvalue weighted by Crippen LogP contribution is -2.46. The summed E-state index contributed by atoms with van der Waals surface area (Å²) in [6, 6.07) is 0.307. The van der Waals surface area contributed by atoms with Crippen molar-refractivity contribution in [3.8, 4) is 0 Å². The molecule has 1 aliphatic rings. The highest BCUT2D eigenvalue weighted by atomic mass is 16.2. The summed E-state index contributed by atoms with van der Waals surface area (Å²) in [6.45, 7) is 3.13. The number of amides is 1. The topological polar surface area (TPSA) is 46.3 Å². The van der Waals surface area contributed by atoms with Crippen LogP contribution in [-0.4, -0.2) is 29.9 Å². The van der Waals surface area contributed by atoms with Gasteiger partial charge in [0.25, 0.3) is 0 Å². The predicted molar refractivity (Wildman–Crippen MR) is 44.1 cm³/mol. The highest BCUT2D eigenvalue weighted by Crippen LogP contribution is 2.15. The Morgan fingerprint density at radius 3 is 2.82 bits per heavy atom. The van der Waals surface area contributed by atoms with Crippen molar-refractivity contribution in [3.05, 3.63) is 0 Å². The summed E-state index contributed by atoms with van der Waals surface area (Å²) in [4.78, 5) is 12.9. The Balaban J connectivity index is 2.51. The van der Waals surface area contributed by atoms with Gasteiger partial charge in [-0.25, -0.2) is 0 Å². The second-order valence-electron chi connectivity index (χ2n) is 3.10. The molecule has 0 radical (unpaired) electrons. The molecule has 1 atom stereocenters. The first kappa shape index (κ1) is 8.53. The van der Waals surface area contributed by atoms with Gasteiger partial charge in [-0.3, -0.25) is 4.79 Å². The normalized spacial score (nSPS) is 25.3. The monoisotopic (exact) mass is 156 g/mol. The minimum Gasteiger partial charge on any atom is -0.339 e. The fourth-order valence-corrected chi connectivity index (χ4v) is 1.66. The molecular formula is C8H16N2O. The quantitative estimate of drug-likeness (QED) is 0.595. The van der Waals surface area contributed by atoms with Gasteiger partial charge in [0.1, 0.15) is 0 Å². The van der Waals surface area contributed by atoms with Gasteiger partial charge >= 0.3 is 0 Å². The molecule has 0 spiro atoms. The maximum absolute atomic E-state index is 11.0. The van der Waals surface area contributed by atoms with E-state index >= 15 is 0 Å². The van der Waals surface area contributed by atoms with Crippen molar-refractivity contribution >= 4 is 5.91 Å². The van der Waals surface area contributed by atoms with Gasteiger partial charge in [0.2, 0.25) is 5.91 Å². The summed E-state index contributed by atoms with van der Waals surface area (Å²) in [6.07, 6.45) is 3.43. The molecule has 0 aromatic rings. The molecule has 1 fully saturated rings. The minimum atomic E-state index is 0.167. The van der Waals surface area contributed by atoms with Crippen LogP contribution in [0.3, 0.4) is 0 Å². The van der Waals surface area contributed by atoms with Crippen molar-refractivity contribution < 1.29 is 4.79 Å². The largest absolute Gasteiger partial charge is 0.339 e. The number of nitrogens with two attached hydrogens (primary N) is 1. The molecule has 11 heavy (non-hydrogen) atoms. The molecule has 0 unspecified atom stereocenters. The zero-order valence-electron chi connectivity index (χ0n) is 7.05. The second-order valence-corrected chi connectivity index (χ2v) is 3.10. The van der Waals surface area contributed by atoms with E-state index in [4.69, 9.17) is 5.73 Å². The van der Waals surface area contributed by atoms with Crippen LogP contribution >= 0.6 is 0 Å². The number of likely N-dealkylation sites (tertiary alicyclic amines) is 1. The smallest absolute Gasteiger partial charge is 0.219 e. The van der Waals surface area contributed by atoms with E-state index in [1.165, 1.54) is 6.42 Å². The van der Waals surface area contributed by atoms with Gasteiger partial charge in [-0.1, -0.05) is 0 Å². The first-order chi connectivity index (χ1) is 5.25. The van der Waals surface area contributed by atoms with Gasteiger partial charge in [0, 0.05) is 26.1 Å². The van der Waals surface area contributed by atoms with Crippen LogP contribution in [0.4, 0.5) is 0 Å². The van der Waals surface area contributed by atoms with E-state index in [0.717, 1.165) is 19.4 Å². The summed E-state index contributed by atoms with van der Waals surface area (Å²) in [5.41, 5.74) is 5.54. The zero-order chi connectivity index (χ0) is 8.27. The zero-order valence-corrected chi connectivity index (χ0v) is 7.05. The van der Waals surface area contributed by atoms with Gasteiger partial charge < -0.3 is 10.6 Å². The Hall–Kier alpha value is -0.570. The van der Waals surface area contributed by atoms with E-state index in [0.29, 0.717) is 12.6 Å². The lowest BCUT2D eigenvalue weighted by atomic mass is 10.0. The fraction of sp³-hybridized carbons (Fsp3) is 0.875. The van der Waals surface area contributed by atoms with Crippen molar-refractivity contribution in [1.82, 2.24) is 4.90 Å². The number of hydrogen-bond donors (Lipinski definition) is 1. The number of hydrogen-bond acceptors (Lipinski definition) is 2. The average Bonchev–Trinajstić information content (AvgIpc) is 2.04. The van der Waals surface area contributed by atoms with Crippen molar-refractivity contribution in [2.24, 2.45) is 5.73 Å². The number of carbonyl (C=O) groups is 1. The standard InChI is InChI=1S/C8H16N2O/c1-7(11)10-5-3-2-4-8(10)6-9/h8H,2-6,9H2,1H3/t8-/m0/s1.